The van der Waals surface area contributed by atoms with Crippen molar-refractivity contribution in [3.63, 3.8) is 0 Å². The van der Waals surface area contributed by atoms with Gasteiger partial charge in [-0.3, -0.25) is 4.90 Å². The molecule has 9 nitrogen and oxygen atoms in total. The van der Waals surface area contributed by atoms with E-state index in [0.29, 0.717) is 56.2 Å². The lowest BCUT2D eigenvalue weighted by Gasteiger charge is -2.37. The van der Waals surface area contributed by atoms with Gasteiger partial charge < -0.3 is 25.1 Å². The second-order valence-electron chi connectivity index (χ2n) is 8.56. The van der Waals surface area contributed by atoms with Gasteiger partial charge in [-0.15, -0.1) is 0 Å². The smallest absolute Gasteiger partial charge is 0.316 e. The molecule has 2 aliphatic rings. The fourth-order valence-electron chi connectivity index (χ4n) is 3.99. The number of rotatable bonds is 7. The van der Waals surface area contributed by atoms with Gasteiger partial charge in [0.15, 0.2) is 5.88 Å². The third-order valence-electron chi connectivity index (χ3n) is 5.94. The van der Waals surface area contributed by atoms with Gasteiger partial charge in [0.2, 0.25) is 0 Å². The molecular formula is C22H35N5O4. The Bertz CT molecular complexity index is 765. The molecule has 1 aromatic heterocycles. The molecule has 3 N–H and O–H groups in total. The molecule has 0 atom stereocenters. The van der Waals surface area contributed by atoms with Crippen LogP contribution in [0.25, 0.3) is 0 Å². The van der Waals surface area contributed by atoms with Gasteiger partial charge in [0.1, 0.15) is 12.3 Å². The number of ether oxygens (including phenoxy) is 3. The predicted molar refractivity (Wildman–Crippen MR) is 118 cm³/mol. The first kappa shape index (κ1) is 23.4. The van der Waals surface area contributed by atoms with Crippen LogP contribution in [-0.4, -0.2) is 77.9 Å². The number of aromatic nitrogens is 2. The topological polar surface area (TPSA) is 115 Å². The number of methoxy groups -OCH3 is 1. The Morgan fingerprint density at radius 2 is 1.94 bits per heavy atom. The molecule has 3 heterocycles. The van der Waals surface area contributed by atoms with Crippen molar-refractivity contribution in [2.75, 3.05) is 46.6 Å². The first-order valence-electron chi connectivity index (χ1n) is 10.9. The lowest BCUT2D eigenvalue weighted by atomic mass is 9.83. The lowest BCUT2D eigenvalue weighted by molar-refractivity contribution is -0.0147. The standard InChI is InChI=1S/C22H35N5O4/c1-22(2,28)16-4-8-27(9-5-16)10-13-31-20(23)18-6-11-30-12-7-19(18)26-17-14-24-21(29-3)25-15-17/h14-16,28H,4-13,23H2,1-3H3. The van der Waals surface area contributed by atoms with Crippen molar-refractivity contribution in [1.29, 1.82) is 0 Å². The average molecular weight is 434 g/mol. The molecular weight excluding hydrogens is 398 g/mol. The third-order valence-corrected chi connectivity index (χ3v) is 5.94. The van der Waals surface area contributed by atoms with Crippen LogP contribution in [0.2, 0.25) is 0 Å². The van der Waals surface area contributed by atoms with Gasteiger partial charge >= 0.3 is 6.01 Å². The van der Waals surface area contributed by atoms with Crippen LogP contribution in [0, 0.1) is 5.92 Å². The zero-order valence-corrected chi connectivity index (χ0v) is 18.8. The number of piperidine rings is 1. The van der Waals surface area contributed by atoms with Crippen molar-refractivity contribution < 1.29 is 19.3 Å². The number of nitrogens with two attached hydrogens (primary N) is 1. The first-order chi connectivity index (χ1) is 14.9. The zero-order chi connectivity index (χ0) is 22.3. The fraction of sp³-hybridized carbons (Fsp3) is 0.682. The van der Waals surface area contributed by atoms with Crippen molar-refractivity contribution in [2.24, 2.45) is 16.6 Å². The highest BCUT2D eigenvalue weighted by Crippen LogP contribution is 2.27. The van der Waals surface area contributed by atoms with Crippen molar-refractivity contribution in [3.05, 3.63) is 23.8 Å². The largest absolute Gasteiger partial charge is 0.478 e. The summed E-state index contributed by atoms with van der Waals surface area (Å²) >= 11 is 0. The monoisotopic (exact) mass is 433 g/mol. The molecule has 0 bridgehead atoms. The van der Waals surface area contributed by atoms with Gasteiger partial charge in [-0.2, -0.15) is 0 Å². The summed E-state index contributed by atoms with van der Waals surface area (Å²) in [6.07, 6.45) is 6.54. The summed E-state index contributed by atoms with van der Waals surface area (Å²) in [6.45, 7) is 8.22. The van der Waals surface area contributed by atoms with Gasteiger partial charge in [-0.05, 0) is 45.7 Å². The number of likely N-dealkylation sites (tertiary alicyclic amines) is 1. The Kier molecular flexibility index (Phi) is 8.22. The summed E-state index contributed by atoms with van der Waals surface area (Å²) in [6, 6.07) is 0.304. The summed E-state index contributed by atoms with van der Waals surface area (Å²) in [4.78, 5) is 15.3. The molecule has 0 aromatic carbocycles. The van der Waals surface area contributed by atoms with Crippen molar-refractivity contribution in [3.8, 4) is 6.01 Å². The predicted octanol–water partition coefficient (Wildman–Crippen LogP) is 2.04. The molecule has 2 aliphatic heterocycles. The van der Waals surface area contributed by atoms with E-state index in [1.54, 1.807) is 12.4 Å². The third kappa shape index (κ3) is 6.88. The van der Waals surface area contributed by atoms with E-state index >= 15 is 0 Å². The van der Waals surface area contributed by atoms with Gasteiger partial charge in [-0.25, -0.2) is 15.0 Å². The van der Waals surface area contributed by atoms with Crippen LogP contribution in [0.15, 0.2) is 28.8 Å². The van der Waals surface area contributed by atoms with Crippen molar-refractivity contribution >= 4 is 11.4 Å². The minimum absolute atomic E-state index is 0.304. The van der Waals surface area contributed by atoms with E-state index in [1.165, 1.54) is 7.11 Å². The van der Waals surface area contributed by atoms with E-state index in [0.717, 1.165) is 43.8 Å². The van der Waals surface area contributed by atoms with E-state index in [9.17, 15) is 5.11 Å². The van der Waals surface area contributed by atoms with Crippen LogP contribution < -0.4 is 10.5 Å². The van der Waals surface area contributed by atoms with Crippen LogP contribution in [0.5, 0.6) is 6.01 Å². The van der Waals surface area contributed by atoms with Gasteiger partial charge in [0.25, 0.3) is 0 Å². The molecule has 0 amide bonds. The number of aliphatic imine (C=N–C) groups is 1. The van der Waals surface area contributed by atoms with Gasteiger partial charge in [0, 0.05) is 25.0 Å². The van der Waals surface area contributed by atoms with E-state index < -0.39 is 5.60 Å². The molecule has 0 radical (unpaired) electrons. The minimum atomic E-state index is -0.607. The molecule has 2 fully saturated rings. The molecule has 31 heavy (non-hydrogen) atoms. The van der Waals surface area contributed by atoms with Gasteiger partial charge in [0.05, 0.1) is 44.0 Å². The van der Waals surface area contributed by atoms with E-state index in [1.807, 2.05) is 13.8 Å². The Balaban J connectivity index is 1.59. The fourth-order valence-corrected chi connectivity index (χ4v) is 3.99. The molecule has 0 saturated carbocycles. The molecule has 2 saturated heterocycles. The molecule has 0 unspecified atom stereocenters. The van der Waals surface area contributed by atoms with Crippen molar-refractivity contribution in [1.82, 2.24) is 14.9 Å². The number of hydrogen-bond acceptors (Lipinski definition) is 9. The summed E-state index contributed by atoms with van der Waals surface area (Å²) in [5.41, 5.74) is 8.08. The molecule has 172 valence electrons. The first-order valence-corrected chi connectivity index (χ1v) is 10.9. The zero-order valence-electron chi connectivity index (χ0n) is 18.8. The second-order valence-corrected chi connectivity index (χ2v) is 8.56. The van der Waals surface area contributed by atoms with E-state index in [-0.39, 0.29) is 0 Å². The number of aliphatic hydroxyl groups is 1. The highest BCUT2D eigenvalue weighted by molar-refractivity contribution is 6.02. The summed E-state index contributed by atoms with van der Waals surface area (Å²) in [5, 5.41) is 10.2. The Hall–Kier alpha value is -2.23. The quantitative estimate of drug-likeness (QED) is 0.628. The average Bonchev–Trinajstić information content (AvgIpc) is 2.99. The maximum absolute atomic E-state index is 10.2. The van der Waals surface area contributed by atoms with Crippen molar-refractivity contribution in [2.45, 2.75) is 45.1 Å². The summed E-state index contributed by atoms with van der Waals surface area (Å²) in [7, 11) is 1.53. The maximum Gasteiger partial charge on any atom is 0.316 e. The minimum Gasteiger partial charge on any atom is -0.478 e. The van der Waals surface area contributed by atoms with Crippen LogP contribution in [0.1, 0.15) is 39.5 Å². The Morgan fingerprint density at radius 3 is 2.58 bits per heavy atom. The van der Waals surface area contributed by atoms with E-state index in [2.05, 4.69) is 19.9 Å². The molecule has 1 aromatic rings. The van der Waals surface area contributed by atoms with Crippen LogP contribution in [0.4, 0.5) is 5.69 Å². The number of nitrogens with zero attached hydrogens (tertiary/aromatic N) is 4. The lowest BCUT2D eigenvalue weighted by Crippen LogP contribution is -2.42. The van der Waals surface area contributed by atoms with Gasteiger partial charge in [-0.1, -0.05) is 0 Å². The highest BCUT2D eigenvalue weighted by atomic mass is 16.5. The molecule has 3 rings (SSSR count). The normalized spacial score (nSPS) is 22.3. The maximum atomic E-state index is 10.2. The highest BCUT2D eigenvalue weighted by Gasteiger charge is 2.30. The van der Waals surface area contributed by atoms with E-state index in [4.69, 9.17) is 19.9 Å². The Labute approximate surface area is 184 Å². The molecule has 0 spiro atoms. The Morgan fingerprint density at radius 1 is 1.26 bits per heavy atom. The summed E-state index contributed by atoms with van der Waals surface area (Å²) in [5.74, 6) is 0.758. The van der Waals surface area contributed by atoms with Crippen LogP contribution in [-0.2, 0) is 9.47 Å². The summed E-state index contributed by atoms with van der Waals surface area (Å²) < 4.78 is 16.5. The molecule has 9 heteroatoms. The van der Waals surface area contributed by atoms with Crippen LogP contribution in [0.3, 0.4) is 0 Å². The van der Waals surface area contributed by atoms with Crippen LogP contribution >= 0.6 is 0 Å². The SMILES string of the molecule is COc1ncc(N=C2CCOCCC2=C(N)OCCN2CCC(C(C)(C)O)CC2)cn1. The molecule has 0 aliphatic carbocycles. The second kappa shape index (κ2) is 10.9. The number of hydrogen-bond donors (Lipinski definition) is 2.